The molecule has 0 fully saturated rings. The zero-order chi connectivity index (χ0) is 14.8. The standard InChI is InChI=1S/C14H17N3O3S/c1-10-15-16-14(17(10)2)9-21(18)11-4-5-12-13(8-11)20-7-3-6-19-12/h4-5,8H,3,6-7,9H2,1-2H3/t21-/m0/s1. The molecule has 0 unspecified atom stereocenters. The summed E-state index contributed by atoms with van der Waals surface area (Å²) in [5.74, 6) is 3.21. The van der Waals surface area contributed by atoms with E-state index in [-0.39, 0.29) is 0 Å². The minimum atomic E-state index is -1.19. The first-order chi connectivity index (χ1) is 10.1. The van der Waals surface area contributed by atoms with E-state index in [1.807, 2.05) is 30.7 Å². The fourth-order valence-corrected chi connectivity index (χ4v) is 3.17. The molecule has 1 aromatic carbocycles. The number of hydrogen-bond acceptors (Lipinski definition) is 5. The third-order valence-corrected chi connectivity index (χ3v) is 4.72. The van der Waals surface area contributed by atoms with Gasteiger partial charge in [-0.05, 0) is 19.1 Å². The second kappa shape index (κ2) is 5.85. The van der Waals surface area contributed by atoms with E-state index in [0.29, 0.717) is 41.2 Å². The van der Waals surface area contributed by atoms with Crippen LogP contribution in [0, 0.1) is 6.92 Å². The van der Waals surface area contributed by atoms with E-state index in [1.165, 1.54) is 0 Å². The largest absolute Gasteiger partial charge is 0.490 e. The molecule has 0 saturated carbocycles. The summed E-state index contributed by atoms with van der Waals surface area (Å²) in [7, 11) is 0.677. The second-order valence-electron chi connectivity index (χ2n) is 4.87. The summed E-state index contributed by atoms with van der Waals surface area (Å²) < 4.78 is 25.5. The molecule has 1 aliphatic heterocycles. The van der Waals surface area contributed by atoms with Crippen LogP contribution in [-0.4, -0.2) is 32.2 Å². The fraction of sp³-hybridized carbons (Fsp3) is 0.429. The summed E-state index contributed by atoms with van der Waals surface area (Å²) in [5, 5.41) is 8.03. The van der Waals surface area contributed by atoms with Gasteiger partial charge in [0.15, 0.2) is 11.5 Å². The highest BCUT2D eigenvalue weighted by Gasteiger charge is 2.15. The van der Waals surface area contributed by atoms with Crippen LogP contribution in [0.5, 0.6) is 11.5 Å². The molecule has 0 saturated heterocycles. The van der Waals surface area contributed by atoms with Gasteiger partial charge in [-0.15, -0.1) is 10.2 Å². The molecule has 0 N–H and O–H groups in total. The molecule has 0 aliphatic carbocycles. The Bertz CT molecular complexity index is 684. The highest BCUT2D eigenvalue weighted by atomic mass is 32.2. The van der Waals surface area contributed by atoms with Gasteiger partial charge in [-0.1, -0.05) is 0 Å². The first-order valence-electron chi connectivity index (χ1n) is 6.78. The summed E-state index contributed by atoms with van der Waals surface area (Å²) in [6.45, 7) is 3.13. The van der Waals surface area contributed by atoms with Crippen LogP contribution in [0.2, 0.25) is 0 Å². The first kappa shape index (κ1) is 14.1. The lowest BCUT2D eigenvalue weighted by Crippen LogP contribution is -2.05. The molecule has 0 spiro atoms. The lowest BCUT2D eigenvalue weighted by atomic mass is 10.3. The Balaban J connectivity index is 1.82. The summed E-state index contributed by atoms with van der Waals surface area (Å²) in [4.78, 5) is 0.708. The van der Waals surface area contributed by atoms with Crippen molar-refractivity contribution in [1.29, 1.82) is 0 Å². The van der Waals surface area contributed by atoms with E-state index in [2.05, 4.69) is 10.2 Å². The Labute approximate surface area is 125 Å². The molecule has 1 atom stereocenters. The van der Waals surface area contributed by atoms with Crippen LogP contribution in [0.15, 0.2) is 23.1 Å². The molecular weight excluding hydrogens is 290 g/mol. The van der Waals surface area contributed by atoms with Crippen LogP contribution in [0.4, 0.5) is 0 Å². The number of aromatic nitrogens is 3. The lowest BCUT2D eigenvalue weighted by Gasteiger charge is -2.09. The number of benzene rings is 1. The normalized spacial score (nSPS) is 15.5. The summed E-state index contributed by atoms with van der Waals surface area (Å²) >= 11 is 0. The van der Waals surface area contributed by atoms with Crippen molar-refractivity contribution in [1.82, 2.24) is 14.8 Å². The Morgan fingerprint density at radius 1 is 1.24 bits per heavy atom. The maximum atomic E-state index is 12.5. The molecule has 0 radical (unpaired) electrons. The van der Waals surface area contributed by atoms with Crippen LogP contribution in [0.1, 0.15) is 18.1 Å². The quantitative estimate of drug-likeness (QED) is 0.861. The second-order valence-corrected chi connectivity index (χ2v) is 6.32. The van der Waals surface area contributed by atoms with Gasteiger partial charge in [0.05, 0.1) is 29.8 Å². The van der Waals surface area contributed by atoms with Gasteiger partial charge in [-0.3, -0.25) is 4.21 Å². The third-order valence-electron chi connectivity index (χ3n) is 3.42. The Morgan fingerprint density at radius 3 is 2.71 bits per heavy atom. The van der Waals surface area contributed by atoms with Crippen molar-refractivity contribution in [2.24, 2.45) is 7.05 Å². The number of aryl methyl sites for hydroxylation is 1. The summed E-state index contributed by atoms with van der Waals surface area (Å²) in [6.07, 6.45) is 0.852. The molecule has 112 valence electrons. The predicted molar refractivity (Wildman–Crippen MR) is 77.9 cm³/mol. The number of ether oxygens (including phenoxy) is 2. The van der Waals surface area contributed by atoms with Gasteiger partial charge >= 0.3 is 0 Å². The SMILES string of the molecule is Cc1nnc(C[S@](=O)c2ccc3c(c2)OCCCO3)n1C. The molecule has 1 aliphatic rings. The lowest BCUT2D eigenvalue weighted by molar-refractivity contribution is 0.297. The van der Waals surface area contributed by atoms with Crippen LogP contribution >= 0.6 is 0 Å². The van der Waals surface area contributed by atoms with Gasteiger partial charge < -0.3 is 14.0 Å². The van der Waals surface area contributed by atoms with Crippen molar-refractivity contribution >= 4 is 10.8 Å². The van der Waals surface area contributed by atoms with Crippen molar-refractivity contribution < 1.29 is 13.7 Å². The van der Waals surface area contributed by atoms with Crippen LogP contribution < -0.4 is 9.47 Å². The molecule has 1 aromatic heterocycles. The summed E-state index contributed by atoms with van der Waals surface area (Å²) in [5.41, 5.74) is 0. The van der Waals surface area contributed by atoms with Crippen molar-refractivity contribution in [2.75, 3.05) is 13.2 Å². The number of nitrogens with zero attached hydrogens (tertiary/aromatic N) is 3. The van der Waals surface area contributed by atoms with E-state index in [9.17, 15) is 4.21 Å². The van der Waals surface area contributed by atoms with E-state index >= 15 is 0 Å². The fourth-order valence-electron chi connectivity index (χ4n) is 2.06. The molecule has 0 amide bonds. The maximum Gasteiger partial charge on any atom is 0.162 e. The maximum absolute atomic E-state index is 12.5. The number of rotatable bonds is 3. The third kappa shape index (κ3) is 2.92. The first-order valence-corrected chi connectivity index (χ1v) is 8.10. The minimum absolute atomic E-state index is 0.330. The van der Waals surface area contributed by atoms with Crippen molar-refractivity contribution in [3.8, 4) is 11.5 Å². The molecule has 0 bridgehead atoms. The van der Waals surface area contributed by atoms with Crippen molar-refractivity contribution in [3.05, 3.63) is 29.8 Å². The van der Waals surface area contributed by atoms with Gasteiger partial charge in [0, 0.05) is 24.4 Å². The zero-order valence-electron chi connectivity index (χ0n) is 12.0. The Morgan fingerprint density at radius 2 is 2.00 bits per heavy atom. The average molecular weight is 307 g/mol. The Kier molecular flexibility index (Phi) is 3.92. The topological polar surface area (TPSA) is 66.2 Å². The van der Waals surface area contributed by atoms with E-state index in [4.69, 9.17) is 9.47 Å². The average Bonchev–Trinajstić information content (AvgIpc) is 2.71. The van der Waals surface area contributed by atoms with E-state index in [0.717, 1.165) is 12.2 Å². The van der Waals surface area contributed by atoms with Crippen molar-refractivity contribution in [3.63, 3.8) is 0 Å². The Hall–Kier alpha value is -1.89. The van der Waals surface area contributed by atoms with Gasteiger partial charge in [0.1, 0.15) is 11.6 Å². The predicted octanol–water partition coefficient (Wildman–Crippen LogP) is 1.59. The number of hydrogen-bond donors (Lipinski definition) is 0. The highest BCUT2D eigenvalue weighted by molar-refractivity contribution is 7.84. The van der Waals surface area contributed by atoms with Crippen molar-refractivity contribution in [2.45, 2.75) is 24.0 Å². The molecule has 7 heteroatoms. The van der Waals surface area contributed by atoms with Gasteiger partial charge in [-0.25, -0.2) is 0 Å². The number of fused-ring (bicyclic) bond motifs is 1. The van der Waals surface area contributed by atoms with Crippen LogP contribution in [-0.2, 0) is 23.6 Å². The zero-order valence-corrected chi connectivity index (χ0v) is 12.9. The van der Waals surface area contributed by atoms with Crippen LogP contribution in [0.3, 0.4) is 0 Å². The van der Waals surface area contributed by atoms with Gasteiger partial charge in [0.2, 0.25) is 0 Å². The molecule has 21 heavy (non-hydrogen) atoms. The van der Waals surface area contributed by atoms with E-state index in [1.54, 1.807) is 6.07 Å². The smallest absolute Gasteiger partial charge is 0.162 e. The monoisotopic (exact) mass is 307 g/mol. The van der Waals surface area contributed by atoms with Gasteiger partial charge in [-0.2, -0.15) is 0 Å². The van der Waals surface area contributed by atoms with Crippen LogP contribution in [0.25, 0.3) is 0 Å². The minimum Gasteiger partial charge on any atom is -0.490 e. The summed E-state index contributed by atoms with van der Waals surface area (Å²) in [6, 6.07) is 5.42. The van der Waals surface area contributed by atoms with Gasteiger partial charge in [0.25, 0.3) is 0 Å². The highest BCUT2D eigenvalue weighted by Crippen LogP contribution is 2.31. The molecule has 2 aromatic rings. The van der Waals surface area contributed by atoms with E-state index < -0.39 is 10.8 Å². The molecule has 2 heterocycles. The molecule has 6 nitrogen and oxygen atoms in total. The molecule has 3 rings (SSSR count). The molecular formula is C14H17N3O3S.